The molecular formula is C12H22N2O. The Labute approximate surface area is 92.2 Å². The van der Waals surface area contributed by atoms with E-state index in [2.05, 4.69) is 10.2 Å². The number of piperidine rings is 1. The summed E-state index contributed by atoms with van der Waals surface area (Å²) in [4.78, 5) is 14.4. The van der Waals surface area contributed by atoms with Crippen LogP contribution in [0.5, 0.6) is 0 Å². The van der Waals surface area contributed by atoms with Gasteiger partial charge in [-0.15, -0.1) is 0 Å². The zero-order valence-electron chi connectivity index (χ0n) is 10.0. The quantitative estimate of drug-likeness (QED) is 0.763. The smallest absolute Gasteiger partial charge is 0.242 e. The molecule has 3 heteroatoms. The van der Waals surface area contributed by atoms with E-state index in [-0.39, 0.29) is 11.4 Å². The number of nitrogens with one attached hydrogen (secondary N) is 1. The molecule has 0 radical (unpaired) electrons. The summed E-state index contributed by atoms with van der Waals surface area (Å²) in [5, 5.41) is 3.27. The number of carbonyl (C=O) groups excluding carboxylic acids is 1. The monoisotopic (exact) mass is 210 g/mol. The summed E-state index contributed by atoms with van der Waals surface area (Å²) < 4.78 is 0. The van der Waals surface area contributed by atoms with Crippen LogP contribution in [0.4, 0.5) is 0 Å². The van der Waals surface area contributed by atoms with Gasteiger partial charge in [0.1, 0.15) is 0 Å². The maximum atomic E-state index is 12.3. The number of amides is 1. The largest absolute Gasteiger partial charge is 0.338 e. The topological polar surface area (TPSA) is 32.3 Å². The lowest BCUT2D eigenvalue weighted by Gasteiger charge is -2.35. The maximum absolute atomic E-state index is 12.3. The number of hydrogen-bond donors (Lipinski definition) is 1. The SMILES string of the molecule is CCNC(C)(C)C(=O)N1CC2CCC1C2. The summed E-state index contributed by atoms with van der Waals surface area (Å²) in [6, 6.07) is 0.542. The van der Waals surface area contributed by atoms with E-state index in [9.17, 15) is 4.79 Å². The fourth-order valence-corrected chi connectivity index (χ4v) is 3.05. The van der Waals surface area contributed by atoms with Gasteiger partial charge in [-0.05, 0) is 45.6 Å². The molecule has 0 aromatic carbocycles. The zero-order chi connectivity index (χ0) is 11.1. The number of likely N-dealkylation sites (N-methyl/N-ethyl adjacent to an activating group) is 1. The van der Waals surface area contributed by atoms with Gasteiger partial charge in [-0.25, -0.2) is 0 Å². The van der Waals surface area contributed by atoms with Crippen LogP contribution in [0.2, 0.25) is 0 Å². The molecule has 2 atom stereocenters. The molecular weight excluding hydrogens is 188 g/mol. The van der Waals surface area contributed by atoms with Crippen molar-refractivity contribution in [1.82, 2.24) is 10.2 Å². The first-order valence-corrected chi connectivity index (χ1v) is 6.10. The zero-order valence-corrected chi connectivity index (χ0v) is 10.0. The van der Waals surface area contributed by atoms with Gasteiger partial charge in [-0.3, -0.25) is 4.79 Å². The van der Waals surface area contributed by atoms with Gasteiger partial charge in [0.2, 0.25) is 5.91 Å². The molecule has 0 spiro atoms. The highest BCUT2D eigenvalue weighted by Gasteiger charge is 2.44. The van der Waals surface area contributed by atoms with Crippen molar-refractivity contribution in [2.45, 2.75) is 51.6 Å². The molecule has 15 heavy (non-hydrogen) atoms. The second-order valence-corrected chi connectivity index (χ2v) is 5.45. The van der Waals surface area contributed by atoms with Crippen LogP contribution in [-0.4, -0.2) is 35.5 Å². The predicted molar refractivity (Wildman–Crippen MR) is 60.6 cm³/mol. The molecule has 2 rings (SSSR count). The Morgan fingerprint density at radius 3 is 2.67 bits per heavy atom. The molecule has 1 aliphatic carbocycles. The first-order valence-electron chi connectivity index (χ1n) is 6.10. The van der Waals surface area contributed by atoms with Crippen molar-refractivity contribution in [2.24, 2.45) is 5.92 Å². The van der Waals surface area contributed by atoms with Gasteiger partial charge in [-0.2, -0.15) is 0 Å². The maximum Gasteiger partial charge on any atom is 0.242 e. The third-order valence-corrected chi connectivity index (χ3v) is 3.82. The second-order valence-electron chi connectivity index (χ2n) is 5.45. The summed E-state index contributed by atoms with van der Waals surface area (Å²) in [5.41, 5.74) is -0.390. The molecule has 2 bridgehead atoms. The van der Waals surface area contributed by atoms with E-state index >= 15 is 0 Å². The third-order valence-electron chi connectivity index (χ3n) is 3.82. The fourth-order valence-electron chi connectivity index (χ4n) is 3.05. The van der Waals surface area contributed by atoms with E-state index < -0.39 is 0 Å². The summed E-state index contributed by atoms with van der Waals surface area (Å²) >= 11 is 0. The standard InChI is InChI=1S/C12H22N2O/c1-4-13-12(2,3)11(15)14-8-9-5-6-10(14)7-9/h9-10,13H,4-8H2,1-3H3. The Kier molecular flexibility index (Phi) is 2.75. The molecule has 1 saturated heterocycles. The third kappa shape index (κ3) is 1.89. The highest BCUT2D eigenvalue weighted by Crippen LogP contribution is 2.38. The molecule has 2 aliphatic rings. The molecule has 1 N–H and O–H groups in total. The Morgan fingerprint density at radius 2 is 2.20 bits per heavy atom. The molecule has 1 aliphatic heterocycles. The molecule has 86 valence electrons. The lowest BCUT2D eigenvalue weighted by molar-refractivity contribution is -0.138. The number of carbonyl (C=O) groups is 1. The Bertz CT molecular complexity index is 262. The van der Waals surface area contributed by atoms with Gasteiger partial charge in [0.15, 0.2) is 0 Å². The molecule has 1 saturated carbocycles. The van der Waals surface area contributed by atoms with Crippen LogP contribution in [0.3, 0.4) is 0 Å². The van der Waals surface area contributed by atoms with Crippen molar-refractivity contribution >= 4 is 5.91 Å². The molecule has 1 heterocycles. The van der Waals surface area contributed by atoms with Crippen LogP contribution < -0.4 is 5.32 Å². The first kappa shape index (κ1) is 10.9. The number of hydrogen-bond acceptors (Lipinski definition) is 2. The van der Waals surface area contributed by atoms with Crippen LogP contribution in [0.25, 0.3) is 0 Å². The lowest BCUT2D eigenvalue weighted by atomic mass is 10.0. The van der Waals surface area contributed by atoms with Crippen molar-refractivity contribution in [3.63, 3.8) is 0 Å². The average molecular weight is 210 g/mol. The number of rotatable bonds is 3. The van der Waals surface area contributed by atoms with E-state index in [1.807, 2.05) is 20.8 Å². The van der Waals surface area contributed by atoms with Crippen molar-refractivity contribution in [3.05, 3.63) is 0 Å². The summed E-state index contributed by atoms with van der Waals surface area (Å²) in [6.07, 6.45) is 3.79. The minimum atomic E-state index is -0.390. The molecule has 2 unspecified atom stereocenters. The van der Waals surface area contributed by atoms with Gasteiger partial charge in [0.05, 0.1) is 5.54 Å². The number of nitrogens with zero attached hydrogens (tertiary/aromatic N) is 1. The van der Waals surface area contributed by atoms with E-state index in [1.165, 1.54) is 19.3 Å². The summed E-state index contributed by atoms with van der Waals surface area (Å²) in [6.45, 7) is 7.87. The normalized spacial score (nSPS) is 29.9. The Hall–Kier alpha value is -0.570. The number of fused-ring (bicyclic) bond motifs is 2. The van der Waals surface area contributed by atoms with Gasteiger partial charge < -0.3 is 10.2 Å². The van der Waals surface area contributed by atoms with Crippen LogP contribution in [-0.2, 0) is 4.79 Å². The van der Waals surface area contributed by atoms with Crippen molar-refractivity contribution in [3.8, 4) is 0 Å². The highest BCUT2D eigenvalue weighted by molar-refractivity contribution is 5.86. The second kappa shape index (κ2) is 3.78. The van der Waals surface area contributed by atoms with Crippen LogP contribution in [0.15, 0.2) is 0 Å². The molecule has 1 amide bonds. The fraction of sp³-hybridized carbons (Fsp3) is 0.917. The highest BCUT2D eigenvalue weighted by atomic mass is 16.2. The van der Waals surface area contributed by atoms with Crippen molar-refractivity contribution in [2.75, 3.05) is 13.1 Å². The molecule has 3 nitrogen and oxygen atoms in total. The van der Waals surface area contributed by atoms with Gasteiger partial charge in [-0.1, -0.05) is 6.92 Å². The summed E-state index contributed by atoms with van der Waals surface area (Å²) in [5.74, 6) is 1.08. The van der Waals surface area contributed by atoms with Crippen LogP contribution in [0.1, 0.15) is 40.0 Å². The van der Waals surface area contributed by atoms with E-state index in [0.717, 1.165) is 19.0 Å². The van der Waals surface area contributed by atoms with Gasteiger partial charge in [0, 0.05) is 12.6 Å². The van der Waals surface area contributed by atoms with E-state index in [4.69, 9.17) is 0 Å². The molecule has 2 fully saturated rings. The lowest BCUT2D eigenvalue weighted by Crippen LogP contribution is -2.55. The van der Waals surface area contributed by atoms with Gasteiger partial charge >= 0.3 is 0 Å². The van der Waals surface area contributed by atoms with Crippen LogP contribution in [0, 0.1) is 5.92 Å². The van der Waals surface area contributed by atoms with Crippen LogP contribution >= 0.6 is 0 Å². The van der Waals surface area contributed by atoms with E-state index in [0.29, 0.717) is 6.04 Å². The van der Waals surface area contributed by atoms with E-state index in [1.54, 1.807) is 0 Å². The Balaban J connectivity index is 2.02. The van der Waals surface area contributed by atoms with Gasteiger partial charge in [0.25, 0.3) is 0 Å². The predicted octanol–water partition coefficient (Wildman–Crippen LogP) is 1.39. The van der Waals surface area contributed by atoms with Crippen molar-refractivity contribution < 1.29 is 4.79 Å². The molecule has 0 aromatic rings. The van der Waals surface area contributed by atoms with Crippen molar-refractivity contribution in [1.29, 1.82) is 0 Å². The first-order chi connectivity index (χ1) is 7.04. The average Bonchev–Trinajstić information content (AvgIpc) is 2.77. The minimum Gasteiger partial charge on any atom is -0.338 e. The number of likely N-dealkylation sites (tertiary alicyclic amines) is 1. The molecule has 0 aromatic heterocycles. The summed E-state index contributed by atoms with van der Waals surface area (Å²) in [7, 11) is 0. The minimum absolute atomic E-state index is 0.288. The Morgan fingerprint density at radius 1 is 1.47 bits per heavy atom.